The number of amides is 2. The molecule has 184 valence electrons. The summed E-state index contributed by atoms with van der Waals surface area (Å²) in [5.74, 6) is -0.940. The average molecular weight is 496 g/mol. The number of hydrogen-bond acceptors (Lipinski definition) is 5. The number of morpholine rings is 1. The molecule has 0 bridgehead atoms. The molecule has 2 heterocycles. The molecule has 3 atom stereocenters. The monoisotopic (exact) mass is 495 g/mol. The highest BCUT2D eigenvalue weighted by atomic mass is 32.1. The predicted octanol–water partition coefficient (Wildman–Crippen LogP) is 4.16. The highest BCUT2D eigenvalue weighted by Gasteiger charge is 2.25. The number of thiophene rings is 1. The molecule has 35 heavy (non-hydrogen) atoms. The quantitative estimate of drug-likeness (QED) is 0.492. The predicted molar refractivity (Wildman–Crippen MR) is 136 cm³/mol. The Balaban J connectivity index is 1.41. The summed E-state index contributed by atoms with van der Waals surface area (Å²) in [6, 6.07) is 17.3. The van der Waals surface area contributed by atoms with Gasteiger partial charge in [0.25, 0.3) is 5.91 Å². The van der Waals surface area contributed by atoms with Crippen LogP contribution in [0.5, 0.6) is 0 Å². The highest BCUT2D eigenvalue weighted by molar-refractivity contribution is 7.12. The Morgan fingerprint density at radius 3 is 2.46 bits per heavy atom. The molecule has 1 aliphatic rings. The summed E-state index contributed by atoms with van der Waals surface area (Å²) >= 11 is 1.32. The summed E-state index contributed by atoms with van der Waals surface area (Å²) in [5, 5.41) is 7.52. The van der Waals surface area contributed by atoms with E-state index in [1.165, 1.54) is 17.4 Å². The van der Waals surface area contributed by atoms with Gasteiger partial charge in [-0.3, -0.25) is 9.59 Å². The lowest BCUT2D eigenvalue weighted by Crippen LogP contribution is -2.47. The van der Waals surface area contributed by atoms with E-state index in [-0.39, 0.29) is 36.4 Å². The number of hydrogen-bond donors (Lipinski definition) is 2. The Hall–Kier alpha value is -3.23. The van der Waals surface area contributed by atoms with Gasteiger partial charge < -0.3 is 20.3 Å². The van der Waals surface area contributed by atoms with Crippen LogP contribution in [0, 0.1) is 5.82 Å². The fourth-order valence-corrected chi connectivity index (χ4v) is 4.93. The summed E-state index contributed by atoms with van der Waals surface area (Å²) in [5.41, 5.74) is 2.12. The third-order valence-corrected chi connectivity index (χ3v) is 6.76. The largest absolute Gasteiger partial charge is 0.372 e. The van der Waals surface area contributed by atoms with E-state index in [0.29, 0.717) is 35.6 Å². The van der Waals surface area contributed by atoms with E-state index in [4.69, 9.17) is 4.74 Å². The van der Waals surface area contributed by atoms with Crippen molar-refractivity contribution in [2.45, 2.75) is 45.1 Å². The van der Waals surface area contributed by atoms with Gasteiger partial charge in [0.2, 0.25) is 5.91 Å². The molecular weight excluding hydrogens is 465 g/mol. The SMILES string of the molecule is CC1CN(c2ccc(CNC(=O)C(Cc3ccccc3)NC(=O)c3cccs3)cc2F)CC(C)O1. The number of rotatable bonds is 8. The molecule has 0 saturated carbocycles. The van der Waals surface area contributed by atoms with Gasteiger partial charge in [0.1, 0.15) is 11.9 Å². The molecule has 2 N–H and O–H groups in total. The van der Waals surface area contributed by atoms with Gasteiger partial charge in [0, 0.05) is 26.1 Å². The molecule has 2 aromatic carbocycles. The molecule has 1 aromatic heterocycles. The van der Waals surface area contributed by atoms with Gasteiger partial charge in [-0.2, -0.15) is 0 Å². The fraction of sp³-hybridized carbons (Fsp3) is 0.333. The van der Waals surface area contributed by atoms with Crippen LogP contribution in [-0.4, -0.2) is 43.2 Å². The molecule has 4 rings (SSSR count). The van der Waals surface area contributed by atoms with Crippen LogP contribution in [0.3, 0.4) is 0 Å². The average Bonchev–Trinajstić information content (AvgIpc) is 3.37. The van der Waals surface area contributed by atoms with E-state index >= 15 is 0 Å². The van der Waals surface area contributed by atoms with Crippen LogP contribution in [0.1, 0.15) is 34.6 Å². The first-order chi connectivity index (χ1) is 16.9. The van der Waals surface area contributed by atoms with Crippen molar-refractivity contribution in [2.24, 2.45) is 0 Å². The molecule has 3 aromatic rings. The maximum absolute atomic E-state index is 14.9. The van der Waals surface area contributed by atoms with Gasteiger partial charge in [-0.1, -0.05) is 42.5 Å². The summed E-state index contributed by atoms with van der Waals surface area (Å²) in [6.45, 7) is 5.37. The number of carbonyl (C=O) groups excluding carboxylic acids is 2. The highest BCUT2D eigenvalue weighted by Crippen LogP contribution is 2.24. The summed E-state index contributed by atoms with van der Waals surface area (Å²) in [4.78, 5) is 28.2. The normalized spacial score (nSPS) is 18.7. The number of carbonyl (C=O) groups is 2. The van der Waals surface area contributed by atoms with Gasteiger partial charge in [0.05, 0.1) is 22.8 Å². The Morgan fingerprint density at radius 1 is 1.06 bits per heavy atom. The van der Waals surface area contributed by atoms with Gasteiger partial charge >= 0.3 is 0 Å². The smallest absolute Gasteiger partial charge is 0.262 e. The van der Waals surface area contributed by atoms with Crippen molar-refractivity contribution in [3.8, 4) is 0 Å². The van der Waals surface area contributed by atoms with E-state index in [2.05, 4.69) is 10.6 Å². The lowest BCUT2D eigenvalue weighted by molar-refractivity contribution is -0.123. The van der Waals surface area contributed by atoms with E-state index in [1.807, 2.05) is 60.5 Å². The van der Waals surface area contributed by atoms with Crippen molar-refractivity contribution < 1.29 is 18.7 Å². The molecule has 3 unspecified atom stereocenters. The molecular formula is C27H30FN3O3S. The van der Waals surface area contributed by atoms with Crippen molar-refractivity contribution in [1.82, 2.24) is 10.6 Å². The van der Waals surface area contributed by atoms with Gasteiger partial charge in [-0.15, -0.1) is 11.3 Å². The maximum atomic E-state index is 14.9. The zero-order valence-electron chi connectivity index (χ0n) is 19.9. The second kappa shape index (κ2) is 11.5. The van der Waals surface area contributed by atoms with Crippen LogP contribution in [0.25, 0.3) is 0 Å². The van der Waals surface area contributed by atoms with Crippen LogP contribution in [0.4, 0.5) is 10.1 Å². The van der Waals surface area contributed by atoms with E-state index in [9.17, 15) is 14.0 Å². The number of nitrogens with one attached hydrogen (secondary N) is 2. The number of halogens is 1. The third-order valence-electron chi connectivity index (χ3n) is 5.89. The summed E-state index contributed by atoms with van der Waals surface area (Å²) in [7, 11) is 0. The van der Waals surface area contributed by atoms with E-state index in [1.54, 1.807) is 18.2 Å². The lowest BCUT2D eigenvalue weighted by Gasteiger charge is -2.37. The Bertz CT molecular complexity index is 1130. The second-order valence-corrected chi connectivity index (χ2v) is 9.81. The summed E-state index contributed by atoms with van der Waals surface area (Å²) in [6.07, 6.45) is 0.413. The van der Waals surface area contributed by atoms with E-state index in [0.717, 1.165) is 5.56 Å². The first-order valence-electron chi connectivity index (χ1n) is 11.7. The van der Waals surface area contributed by atoms with Crippen LogP contribution in [0.2, 0.25) is 0 Å². The standard InChI is InChI=1S/C27H30FN3O3S/c1-18-16-31(17-19(2)34-18)24-11-10-21(13-22(24)28)15-29-26(32)23(14-20-7-4-3-5-8-20)30-27(33)25-9-6-12-35-25/h3-13,18-19,23H,14-17H2,1-2H3,(H,29,32)(H,30,33). The van der Waals surface area contributed by atoms with Crippen molar-refractivity contribution in [2.75, 3.05) is 18.0 Å². The zero-order chi connectivity index (χ0) is 24.8. The Labute approximate surface area is 209 Å². The number of anilines is 1. The minimum atomic E-state index is -0.757. The van der Waals surface area contributed by atoms with Crippen LogP contribution < -0.4 is 15.5 Å². The molecule has 8 heteroatoms. The van der Waals surface area contributed by atoms with Crippen molar-refractivity contribution >= 4 is 28.8 Å². The van der Waals surface area contributed by atoms with Gasteiger partial charge in [-0.05, 0) is 48.6 Å². The molecule has 0 aliphatic carbocycles. The van der Waals surface area contributed by atoms with Gasteiger partial charge in [-0.25, -0.2) is 4.39 Å². The van der Waals surface area contributed by atoms with Crippen molar-refractivity contribution in [3.63, 3.8) is 0 Å². The Morgan fingerprint density at radius 2 is 1.80 bits per heavy atom. The summed E-state index contributed by atoms with van der Waals surface area (Å²) < 4.78 is 20.7. The zero-order valence-corrected chi connectivity index (χ0v) is 20.7. The fourth-order valence-electron chi connectivity index (χ4n) is 4.30. The molecule has 0 spiro atoms. The van der Waals surface area contributed by atoms with Crippen LogP contribution in [0.15, 0.2) is 66.0 Å². The third kappa shape index (κ3) is 6.68. The van der Waals surface area contributed by atoms with Gasteiger partial charge in [0.15, 0.2) is 0 Å². The lowest BCUT2D eigenvalue weighted by atomic mass is 10.0. The first-order valence-corrected chi connectivity index (χ1v) is 12.6. The second-order valence-electron chi connectivity index (χ2n) is 8.86. The van der Waals surface area contributed by atoms with Crippen molar-refractivity contribution in [1.29, 1.82) is 0 Å². The number of benzene rings is 2. The van der Waals surface area contributed by atoms with Crippen LogP contribution >= 0.6 is 11.3 Å². The molecule has 1 aliphatic heterocycles. The molecule has 6 nitrogen and oxygen atoms in total. The Kier molecular flexibility index (Phi) is 8.15. The molecule has 0 radical (unpaired) electrons. The van der Waals surface area contributed by atoms with E-state index < -0.39 is 6.04 Å². The number of ether oxygens (including phenoxy) is 1. The minimum absolute atomic E-state index is 0.0306. The maximum Gasteiger partial charge on any atom is 0.262 e. The number of nitrogens with zero attached hydrogens (tertiary/aromatic N) is 1. The topological polar surface area (TPSA) is 70.7 Å². The molecule has 2 amide bonds. The van der Waals surface area contributed by atoms with Crippen LogP contribution in [-0.2, 0) is 22.5 Å². The molecule has 1 fully saturated rings. The first kappa shape index (κ1) is 24.9. The minimum Gasteiger partial charge on any atom is -0.372 e. The van der Waals surface area contributed by atoms with Crippen molar-refractivity contribution in [3.05, 3.63) is 87.9 Å². The molecule has 1 saturated heterocycles.